The standard InChI is InChI=1S/C27H41NO6S2/c1-4-5-6-7-8-9-10-11-12-23(2)33-25-17-19-27(20-18-25)35(29)34-26-15-13-24(14-16-26)32-22-21-28-36(3,30)31/h13-20,23,28H,4-12,21-22H2,1-3H3. The first-order valence-corrected chi connectivity index (χ1v) is 15.8. The Hall–Kier alpha value is -2.10. The van der Waals surface area contributed by atoms with Gasteiger partial charge in [-0.15, -0.1) is 0 Å². The fourth-order valence-corrected chi connectivity index (χ4v) is 4.80. The molecule has 0 saturated heterocycles. The second kappa shape index (κ2) is 16.6. The molecule has 7 nitrogen and oxygen atoms in total. The molecular formula is C27H41NO6S2. The average Bonchev–Trinajstić information content (AvgIpc) is 2.84. The molecule has 0 fully saturated rings. The van der Waals surface area contributed by atoms with E-state index in [0.29, 0.717) is 16.4 Å². The lowest BCUT2D eigenvalue weighted by molar-refractivity contribution is 0.206. The number of rotatable bonds is 19. The Balaban J connectivity index is 1.68. The number of unbranched alkanes of at least 4 members (excludes halogenated alkanes) is 7. The molecule has 36 heavy (non-hydrogen) atoms. The molecule has 0 aliphatic heterocycles. The molecule has 9 heteroatoms. The van der Waals surface area contributed by atoms with Gasteiger partial charge < -0.3 is 13.7 Å². The van der Waals surface area contributed by atoms with Gasteiger partial charge in [-0.05, 0) is 68.3 Å². The summed E-state index contributed by atoms with van der Waals surface area (Å²) in [6, 6.07) is 13.8. The minimum absolute atomic E-state index is 0.139. The van der Waals surface area contributed by atoms with Gasteiger partial charge in [0.2, 0.25) is 21.1 Å². The zero-order chi connectivity index (χ0) is 26.2. The summed E-state index contributed by atoms with van der Waals surface area (Å²) >= 11 is -1.66. The summed E-state index contributed by atoms with van der Waals surface area (Å²) < 4.78 is 54.0. The lowest BCUT2D eigenvalue weighted by Gasteiger charge is -2.15. The molecule has 0 spiro atoms. The highest BCUT2D eigenvalue weighted by Gasteiger charge is 2.09. The van der Waals surface area contributed by atoms with Crippen LogP contribution in [0.15, 0.2) is 53.4 Å². The summed E-state index contributed by atoms with van der Waals surface area (Å²) in [6.07, 6.45) is 12.7. The van der Waals surface area contributed by atoms with E-state index in [1.165, 1.54) is 51.4 Å². The smallest absolute Gasteiger partial charge is 0.240 e. The lowest BCUT2D eigenvalue weighted by atomic mass is 10.1. The van der Waals surface area contributed by atoms with Crippen LogP contribution in [0.5, 0.6) is 17.2 Å². The van der Waals surface area contributed by atoms with Crippen molar-refractivity contribution in [1.82, 2.24) is 4.72 Å². The van der Waals surface area contributed by atoms with Crippen molar-refractivity contribution in [2.24, 2.45) is 0 Å². The van der Waals surface area contributed by atoms with Gasteiger partial charge in [-0.1, -0.05) is 51.9 Å². The molecule has 0 aliphatic rings. The molecule has 0 radical (unpaired) electrons. The normalized spacial score (nSPS) is 13.2. The highest BCUT2D eigenvalue weighted by molar-refractivity contribution is 7.88. The molecule has 0 saturated carbocycles. The minimum atomic E-state index is -3.24. The number of hydrogen-bond donors (Lipinski definition) is 1. The molecule has 2 aromatic carbocycles. The van der Waals surface area contributed by atoms with Crippen LogP contribution in [0.4, 0.5) is 0 Å². The number of hydrogen-bond acceptors (Lipinski definition) is 6. The molecule has 2 aromatic rings. The lowest BCUT2D eigenvalue weighted by Crippen LogP contribution is -2.26. The molecule has 0 heterocycles. The van der Waals surface area contributed by atoms with Crippen LogP contribution in [0.2, 0.25) is 0 Å². The maximum Gasteiger partial charge on any atom is 0.240 e. The van der Waals surface area contributed by atoms with Gasteiger partial charge in [0.05, 0.1) is 17.3 Å². The third-order valence-corrected chi connectivity index (χ3v) is 7.28. The van der Waals surface area contributed by atoms with Crippen molar-refractivity contribution in [3.8, 4) is 17.2 Å². The minimum Gasteiger partial charge on any atom is -0.492 e. The van der Waals surface area contributed by atoms with Gasteiger partial charge in [0.25, 0.3) is 0 Å². The number of nitrogens with one attached hydrogen (secondary N) is 1. The third-order valence-electron chi connectivity index (χ3n) is 5.55. The van der Waals surface area contributed by atoms with Gasteiger partial charge in [0.15, 0.2) is 0 Å². The van der Waals surface area contributed by atoms with Gasteiger partial charge in [0, 0.05) is 6.54 Å². The van der Waals surface area contributed by atoms with E-state index < -0.39 is 21.1 Å². The predicted molar refractivity (Wildman–Crippen MR) is 146 cm³/mol. The monoisotopic (exact) mass is 539 g/mol. The largest absolute Gasteiger partial charge is 0.492 e. The molecule has 0 aliphatic carbocycles. The summed E-state index contributed by atoms with van der Waals surface area (Å²) in [5.41, 5.74) is 0. The van der Waals surface area contributed by atoms with Gasteiger partial charge in [-0.2, -0.15) is 0 Å². The Morgan fingerprint density at radius 3 is 2.00 bits per heavy atom. The summed E-state index contributed by atoms with van der Waals surface area (Å²) in [5, 5.41) is 0. The fourth-order valence-electron chi connectivity index (χ4n) is 3.61. The zero-order valence-corrected chi connectivity index (χ0v) is 23.4. The molecule has 2 rings (SSSR count). The van der Waals surface area contributed by atoms with E-state index in [4.69, 9.17) is 13.7 Å². The van der Waals surface area contributed by atoms with Crippen LogP contribution in [0, 0.1) is 0 Å². The first kappa shape index (κ1) is 30.1. The molecule has 0 amide bonds. The Labute approximate surface area is 219 Å². The molecule has 0 bridgehead atoms. The first-order chi connectivity index (χ1) is 17.3. The summed E-state index contributed by atoms with van der Waals surface area (Å²) in [6.45, 7) is 4.71. The number of ether oxygens (including phenoxy) is 2. The summed E-state index contributed by atoms with van der Waals surface area (Å²) in [5.74, 6) is 1.76. The van der Waals surface area contributed by atoms with Crippen LogP contribution in [0.25, 0.3) is 0 Å². The van der Waals surface area contributed by atoms with Crippen molar-refractivity contribution in [1.29, 1.82) is 0 Å². The molecule has 1 N–H and O–H groups in total. The SMILES string of the molecule is CCCCCCCCCCC(C)Oc1ccc(S(=O)Oc2ccc(OCCNS(C)(=O)=O)cc2)cc1. The first-order valence-electron chi connectivity index (χ1n) is 12.8. The Morgan fingerprint density at radius 2 is 1.39 bits per heavy atom. The van der Waals surface area contributed by atoms with E-state index in [0.717, 1.165) is 18.4 Å². The summed E-state index contributed by atoms with van der Waals surface area (Å²) in [4.78, 5) is 0.547. The fraction of sp³-hybridized carbons (Fsp3) is 0.556. The van der Waals surface area contributed by atoms with E-state index >= 15 is 0 Å². The highest BCUT2D eigenvalue weighted by atomic mass is 32.2. The average molecular weight is 540 g/mol. The molecule has 2 unspecified atom stereocenters. The van der Waals surface area contributed by atoms with Crippen molar-refractivity contribution >= 4 is 21.1 Å². The Kier molecular flexibility index (Phi) is 13.9. The van der Waals surface area contributed by atoms with Gasteiger partial charge >= 0.3 is 0 Å². The van der Waals surface area contributed by atoms with E-state index in [9.17, 15) is 12.6 Å². The van der Waals surface area contributed by atoms with Crippen molar-refractivity contribution in [3.63, 3.8) is 0 Å². The van der Waals surface area contributed by atoms with Crippen molar-refractivity contribution in [2.75, 3.05) is 19.4 Å². The Morgan fingerprint density at radius 1 is 0.833 bits per heavy atom. The van der Waals surface area contributed by atoms with E-state index in [1.54, 1.807) is 36.4 Å². The maximum absolute atomic E-state index is 12.6. The topological polar surface area (TPSA) is 90.9 Å². The van der Waals surface area contributed by atoms with Crippen LogP contribution >= 0.6 is 0 Å². The summed E-state index contributed by atoms with van der Waals surface area (Å²) in [7, 11) is -3.24. The van der Waals surface area contributed by atoms with Crippen LogP contribution in [0.3, 0.4) is 0 Å². The zero-order valence-electron chi connectivity index (χ0n) is 21.7. The second-order valence-electron chi connectivity index (χ2n) is 8.97. The van der Waals surface area contributed by atoms with Gasteiger partial charge in [0.1, 0.15) is 23.9 Å². The van der Waals surface area contributed by atoms with Crippen molar-refractivity contribution in [2.45, 2.75) is 82.6 Å². The molecular weight excluding hydrogens is 498 g/mol. The molecule has 2 atom stereocenters. The quantitative estimate of drug-likeness (QED) is 0.220. The van der Waals surface area contributed by atoms with Crippen molar-refractivity contribution < 1.29 is 26.3 Å². The molecule has 0 aromatic heterocycles. The van der Waals surface area contributed by atoms with Crippen LogP contribution in [-0.4, -0.2) is 38.1 Å². The van der Waals surface area contributed by atoms with Crippen molar-refractivity contribution in [3.05, 3.63) is 48.5 Å². The van der Waals surface area contributed by atoms with Crippen LogP contribution in [0.1, 0.15) is 71.6 Å². The van der Waals surface area contributed by atoms with Gasteiger partial charge in [-0.25, -0.2) is 17.3 Å². The second-order valence-corrected chi connectivity index (χ2v) is 11.9. The van der Waals surface area contributed by atoms with E-state index in [2.05, 4.69) is 18.6 Å². The van der Waals surface area contributed by atoms with E-state index in [1.807, 2.05) is 12.1 Å². The van der Waals surface area contributed by atoms with Gasteiger partial charge in [-0.3, -0.25) is 0 Å². The highest BCUT2D eigenvalue weighted by Crippen LogP contribution is 2.22. The third kappa shape index (κ3) is 13.3. The molecule has 202 valence electrons. The number of sulfonamides is 1. The van der Waals surface area contributed by atoms with Crippen LogP contribution in [-0.2, 0) is 21.1 Å². The number of benzene rings is 2. The van der Waals surface area contributed by atoms with E-state index in [-0.39, 0.29) is 19.3 Å². The maximum atomic E-state index is 12.6. The predicted octanol–water partition coefficient (Wildman–Crippen LogP) is 6.01. The Bertz CT molecular complexity index is 994. The van der Waals surface area contributed by atoms with Crippen LogP contribution < -0.4 is 18.4 Å².